The van der Waals surface area contributed by atoms with Gasteiger partial charge in [-0.2, -0.15) is 5.10 Å². The third-order valence-electron chi connectivity index (χ3n) is 3.94. The molecule has 1 aromatic heterocycles. The van der Waals surface area contributed by atoms with Crippen LogP contribution in [0.5, 0.6) is 5.75 Å². The van der Waals surface area contributed by atoms with Gasteiger partial charge in [0.2, 0.25) is 5.91 Å². The fourth-order valence-corrected chi connectivity index (χ4v) is 2.38. The van der Waals surface area contributed by atoms with Gasteiger partial charge in [-0.25, -0.2) is 0 Å². The molecule has 1 fully saturated rings. The number of aryl methyl sites for hydroxylation is 1. The molecule has 1 saturated carbocycles. The highest BCUT2D eigenvalue weighted by atomic mass is 16.5. The second kappa shape index (κ2) is 6.74. The lowest BCUT2D eigenvalue weighted by Crippen LogP contribution is -2.23. The number of benzene rings is 1. The summed E-state index contributed by atoms with van der Waals surface area (Å²) >= 11 is 0. The number of ether oxygens (including phenoxy) is 1. The molecule has 0 saturated heterocycles. The molecule has 24 heavy (non-hydrogen) atoms. The van der Waals surface area contributed by atoms with Crippen LogP contribution in [0.3, 0.4) is 0 Å². The number of rotatable bonds is 6. The summed E-state index contributed by atoms with van der Waals surface area (Å²) in [4.78, 5) is 24.1. The summed E-state index contributed by atoms with van der Waals surface area (Å²) in [5.74, 6) is 1.02. The fraction of sp³-hybridized carbons (Fsp3) is 0.353. The predicted molar refractivity (Wildman–Crippen MR) is 88.7 cm³/mol. The minimum absolute atomic E-state index is 0.0148. The first kappa shape index (κ1) is 16.0. The van der Waals surface area contributed by atoms with E-state index in [0.29, 0.717) is 12.4 Å². The van der Waals surface area contributed by atoms with E-state index in [9.17, 15) is 9.59 Å². The Hall–Kier alpha value is -2.83. The first-order chi connectivity index (χ1) is 11.6. The maximum atomic E-state index is 12.3. The summed E-state index contributed by atoms with van der Waals surface area (Å²) in [6, 6.07) is 9.07. The molecule has 126 valence electrons. The molecule has 1 aliphatic rings. The van der Waals surface area contributed by atoms with Gasteiger partial charge in [0.25, 0.3) is 5.91 Å². The quantitative estimate of drug-likeness (QED) is 0.845. The smallest absolute Gasteiger partial charge is 0.272 e. The number of carbonyl (C=O) groups excluding carboxylic acids is 2. The van der Waals surface area contributed by atoms with Crippen molar-refractivity contribution in [2.45, 2.75) is 19.4 Å². The van der Waals surface area contributed by atoms with Crippen molar-refractivity contribution in [1.82, 2.24) is 15.1 Å². The minimum atomic E-state index is -0.302. The van der Waals surface area contributed by atoms with Crippen LogP contribution in [0.15, 0.2) is 30.3 Å². The molecule has 2 amide bonds. The zero-order valence-electron chi connectivity index (χ0n) is 13.7. The average molecular weight is 328 g/mol. The third-order valence-corrected chi connectivity index (χ3v) is 3.94. The van der Waals surface area contributed by atoms with Crippen molar-refractivity contribution in [3.8, 4) is 5.75 Å². The number of carbonyl (C=O) groups is 2. The van der Waals surface area contributed by atoms with Gasteiger partial charge >= 0.3 is 0 Å². The van der Waals surface area contributed by atoms with Gasteiger partial charge in [0.1, 0.15) is 11.6 Å². The van der Waals surface area contributed by atoms with Crippen molar-refractivity contribution >= 4 is 17.6 Å². The summed E-state index contributed by atoms with van der Waals surface area (Å²) in [5.41, 5.74) is 1.14. The fourth-order valence-electron chi connectivity index (χ4n) is 2.38. The van der Waals surface area contributed by atoms with Crippen molar-refractivity contribution in [1.29, 1.82) is 0 Å². The van der Waals surface area contributed by atoms with Crippen LogP contribution in [0.1, 0.15) is 28.9 Å². The molecule has 1 aromatic carbocycles. The second-order valence-corrected chi connectivity index (χ2v) is 5.80. The van der Waals surface area contributed by atoms with Crippen LogP contribution in [0, 0.1) is 5.92 Å². The number of anilines is 1. The molecule has 3 rings (SSSR count). The number of amides is 2. The van der Waals surface area contributed by atoms with E-state index in [-0.39, 0.29) is 23.4 Å². The lowest BCUT2D eigenvalue weighted by Gasteiger charge is -2.08. The standard InChI is InChI=1S/C17H20N4O3/c1-21-15(19-16(22)11-7-8-11)9-13(20-21)17(23)18-10-12-5-3-4-6-14(12)24-2/h3-6,9,11H,7-8,10H2,1-2H3,(H,18,23)(H,19,22). The maximum Gasteiger partial charge on any atom is 0.272 e. The van der Waals surface area contributed by atoms with Crippen LogP contribution < -0.4 is 15.4 Å². The van der Waals surface area contributed by atoms with Crippen molar-refractivity contribution < 1.29 is 14.3 Å². The number of methoxy groups -OCH3 is 1. The molecular weight excluding hydrogens is 308 g/mol. The number of aromatic nitrogens is 2. The predicted octanol–water partition coefficient (Wildman–Crippen LogP) is 1.71. The molecule has 0 aliphatic heterocycles. The average Bonchev–Trinajstić information content (AvgIpc) is 3.38. The van der Waals surface area contributed by atoms with Gasteiger partial charge in [-0.1, -0.05) is 18.2 Å². The highest BCUT2D eigenvalue weighted by Gasteiger charge is 2.30. The lowest BCUT2D eigenvalue weighted by molar-refractivity contribution is -0.117. The van der Waals surface area contributed by atoms with Gasteiger partial charge in [0.15, 0.2) is 5.69 Å². The second-order valence-electron chi connectivity index (χ2n) is 5.80. The number of hydrogen-bond acceptors (Lipinski definition) is 4. The maximum absolute atomic E-state index is 12.3. The molecular formula is C17H20N4O3. The molecule has 1 aliphatic carbocycles. The van der Waals surface area contributed by atoms with Gasteiger partial charge in [-0.3, -0.25) is 14.3 Å². The Morgan fingerprint density at radius 3 is 2.79 bits per heavy atom. The molecule has 7 heteroatoms. The van der Waals surface area contributed by atoms with Crippen LogP contribution in [0.25, 0.3) is 0 Å². The van der Waals surface area contributed by atoms with E-state index in [1.165, 1.54) is 4.68 Å². The zero-order valence-corrected chi connectivity index (χ0v) is 13.7. The summed E-state index contributed by atoms with van der Waals surface area (Å²) in [6.07, 6.45) is 1.85. The summed E-state index contributed by atoms with van der Waals surface area (Å²) in [7, 11) is 3.29. The molecule has 2 aromatic rings. The topological polar surface area (TPSA) is 85.3 Å². The van der Waals surface area contributed by atoms with Crippen LogP contribution in [-0.2, 0) is 18.4 Å². The molecule has 0 radical (unpaired) electrons. The zero-order chi connectivity index (χ0) is 17.1. The van der Waals surface area contributed by atoms with Crippen LogP contribution in [0.4, 0.5) is 5.82 Å². The van der Waals surface area contributed by atoms with E-state index in [0.717, 1.165) is 24.2 Å². The largest absolute Gasteiger partial charge is 0.496 e. The van der Waals surface area contributed by atoms with E-state index in [4.69, 9.17) is 4.74 Å². The number of hydrogen-bond donors (Lipinski definition) is 2. The molecule has 1 heterocycles. The Balaban J connectivity index is 1.63. The van der Waals surface area contributed by atoms with Gasteiger partial charge in [-0.05, 0) is 18.9 Å². The molecule has 0 spiro atoms. The van der Waals surface area contributed by atoms with E-state index in [1.54, 1.807) is 20.2 Å². The molecule has 2 N–H and O–H groups in total. The van der Waals surface area contributed by atoms with Crippen molar-refractivity contribution in [3.05, 3.63) is 41.6 Å². The summed E-state index contributed by atoms with van der Waals surface area (Å²) in [6.45, 7) is 0.336. The third kappa shape index (κ3) is 3.56. The van der Waals surface area contributed by atoms with Gasteiger partial charge < -0.3 is 15.4 Å². The minimum Gasteiger partial charge on any atom is -0.496 e. The van der Waals surface area contributed by atoms with Crippen LogP contribution >= 0.6 is 0 Å². The first-order valence-corrected chi connectivity index (χ1v) is 7.83. The van der Waals surface area contributed by atoms with Crippen molar-refractivity contribution in [3.63, 3.8) is 0 Å². The Labute approximate surface area is 140 Å². The van der Waals surface area contributed by atoms with Crippen LogP contribution in [0.2, 0.25) is 0 Å². The molecule has 0 unspecified atom stereocenters. The normalized spacial score (nSPS) is 13.4. The molecule has 0 atom stereocenters. The first-order valence-electron chi connectivity index (χ1n) is 7.83. The molecule has 7 nitrogen and oxygen atoms in total. The van der Waals surface area contributed by atoms with Gasteiger partial charge in [0.05, 0.1) is 7.11 Å². The highest BCUT2D eigenvalue weighted by Crippen LogP contribution is 2.30. The summed E-state index contributed by atoms with van der Waals surface area (Å²) < 4.78 is 6.76. The van der Waals surface area contributed by atoms with Gasteiger partial charge in [0, 0.05) is 31.1 Å². The molecule has 0 bridgehead atoms. The van der Waals surface area contributed by atoms with Crippen molar-refractivity contribution in [2.24, 2.45) is 13.0 Å². The number of nitrogens with one attached hydrogen (secondary N) is 2. The highest BCUT2D eigenvalue weighted by molar-refractivity contribution is 5.96. The Morgan fingerprint density at radius 2 is 2.08 bits per heavy atom. The monoisotopic (exact) mass is 328 g/mol. The van der Waals surface area contributed by atoms with Crippen molar-refractivity contribution in [2.75, 3.05) is 12.4 Å². The number of nitrogens with zero attached hydrogens (tertiary/aromatic N) is 2. The van der Waals surface area contributed by atoms with Crippen LogP contribution in [-0.4, -0.2) is 28.7 Å². The summed E-state index contributed by atoms with van der Waals surface area (Å²) in [5, 5.41) is 9.77. The van der Waals surface area contributed by atoms with E-state index < -0.39 is 0 Å². The number of para-hydroxylation sites is 1. The van der Waals surface area contributed by atoms with E-state index in [1.807, 2.05) is 24.3 Å². The Bertz CT molecular complexity index is 765. The van der Waals surface area contributed by atoms with Gasteiger partial charge in [-0.15, -0.1) is 0 Å². The Kier molecular flexibility index (Phi) is 4.50. The van der Waals surface area contributed by atoms with E-state index in [2.05, 4.69) is 15.7 Å². The SMILES string of the molecule is COc1ccccc1CNC(=O)c1cc(NC(=O)C2CC2)n(C)n1. The lowest BCUT2D eigenvalue weighted by atomic mass is 10.2. The van der Waals surface area contributed by atoms with E-state index >= 15 is 0 Å². The Morgan fingerprint density at radius 1 is 1.33 bits per heavy atom.